The molecule has 0 aliphatic heterocycles. The minimum absolute atomic E-state index is 1.23. The zero-order valence-corrected chi connectivity index (χ0v) is 29.6. The normalized spacial score (nSPS) is 11.6. The van der Waals surface area contributed by atoms with Gasteiger partial charge < -0.3 is 0 Å². The standard InChI is InChI=1S/C40H79N2/c1-4-7-10-13-15-17-19-21-23-25-27-29-32-35-40-41(36-33-30-12-9-6-3)38-39-42(40)37-34-31-28-26-24-22-20-18-16-14-11-8-5-2/h38-39H,4-37H2,1-3H3/q+1. The van der Waals surface area contributed by atoms with Crippen LogP contribution in [0.3, 0.4) is 0 Å². The van der Waals surface area contributed by atoms with Crippen LogP contribution in [0.4, 0.5) is 0 Å². The van der Waals surface area contributed by atoms with Gasteiger partial charge in [-0.25, -0.2) is 9.13 Å². The first kappa shape index (κ1) is 39.2. The molecule has 0 radical (unpaired) electrons. The lowest BCUT2D eigenvalue weighted by atomic mass is 10.0. The number of imidazole rings is 1. The fourth-order valence-electron chi connectivity index (χ4n) is 6.68. The van der Waals surface area contributed by atoms with Crippen LogP contribution in [0.2, 0.25) is 0 Å². The molecule has 0 unspecified atom stereocenters. The summed E-state index contributed by atoms with van der Waals surface area (Å²) in [6, 6.07) is 0. The van der Waals surface area contributed by atoms with Gasteiger partial charge in [0.05, 0.1) is 13.1 Å². The van der Waals surface area contributed by atoms with Gasteiger partial charge in [-0.3, -0.25) is 0 Å². The number of rotatable bonds is 34. The van der Waals surface area contributed by atoms with Crippen molar-refractivity contribution < 1.29 is 4.57 Å². The summed E-state index contributed by atoms with van der Waals surface area (Å²) in [5.41, 5.74) is 0. The lowest BCUT2D eigenvalue weighted by molar-refractivity contribution is -0.704. The molecule has 0 amide bonds. The Balaban J connectivity index is 2.22. The van der Waals surface area contributed by atoms with Crippen LogP contribution in [-0.4, -0.2) is 4.57 Å². The van der Waals surface area contributed by atoms with Crippen LogP contribution in [0, 0.1) is 0 Å². The van der Waals surface area contributed by atoms with Crippen LogP contribution < -0.4 is 4.57 Å². The highest BCUT2D eigenvalue weighted by atomic mass is 15.1. The monoisotopic (exact) mass is 588 g/mol. The molecule has 0 bridgehead atoms. The zero-order chi connectivity index (χ0) is 30.2. The summed E-state index contributed by atoms with van der Waals surface area (Å²) in [4.78, 5) is 0. The van der Waals surface area contributed by atoms with Crippen molar-refractivity contribution in [2.24, 2.45) is 0 Å². The van der Waals surface area contributed by atoms with Gasteiger partial charge in [-0.05, 0) is 32.1 Å². The molecular weight excluding hydrogens is 508 g/mol. The molecule has 0 fully saturated rings. The first-order valence-electron chi connectivity index (χ1n) is 19.9. The number of nitrogens with zero attached hydrogens (tertiary/aromatic N) is 2. The van der Waals surface area contributed by atoms with Crippen LogP contribution in [0.15, 0.2) is 12.4 Å². The number of aryl methyl sites for hydroxylation is 2. The van der Waals surface area contributed by atoms with Gasteiger partial charge in [-0.1, -0.05) is 188 Å². The highest BCUT2D eigenvalue weighted by Gasteiger charge is 2.16. The van der Waals surface area contributed by atoms with Gasteiger partial charge in [0.25, 0.3) is 5.82 Å². The molecule has 42 heavy (non-hydrogen) atoms. The second-order valence-corrected chi connectivity index (χ2v) is 13.8. The van der Waals surface area contributed by atoms with Crippen molar-refractivity contribution in [2.75, 3.05) is 0 Å². The van der Waals surface area contributed by atoms with Crippen molar-refractivity contribution >= 4 is 0 Å². The largest absolute Gasteiger partial charge is 0.256 e. The predicted octanol–water partition coefficient (Wildman–Crippen LogP) is 13.5. The Bertz CT molecular complexity index is 648. The summed E-state index contributed by atoms with van der Waals surface area (Å²) in [6.07, 6.45) is 50.4. The lowest BCUT2D eigenvalue weighted by Crippen LogP contribution is -2.37. The van der Waals surface area contributed by atoms with Gasteiger partial charge in [0.1, 0.15) is 12.4 Å². The Hall–Kier alpha value is -0.790. The van der Waals surface area contributed by atoms with E-state index in [9.17, 15) is 0 Å². The first-order valence-corrected chi connectivity index (χ1v) is 19.9. The molecule has 2 heteroatoms. The second kappa shape index (κ2) is 31.6. The minimum Gasteiger partial charge on any atom is -0.234 e. The maximum absolute atomic E-state index is 2.63. The third-order valence-electron chi connectivity index (χ3n) is 9.60. The predicted molar refractivity (Wildman–Crippen MR) is 188 cm³/mol. The van der Waals surface area contributed by atoms with Crippen molar-refractivity contribution in [1.82, 2.24) is 4.57 Å². The summed E-state index contributed by atoms with van der Waals surface area (Å²) < 4.78 is 5.25. The van der Waals surface area contributed by atoms with E-state index in [1.165, 1.54) is 219 Å². The van der Waals surface area contributed by atoms with Crippen LogP contribution in [0.25, 0.3) is 0 Å². The number of hydrogen-bond donors (Lipinski definition) is 0. The van der Waals surface area contributed by atoms with E-state index in [1.807, 2.05) is 0 Å². The van der Waals surface area contributed by atoms with E-state index >= 15 is 0 Å². The first-order chi connectivity index (χ1) is 20.8. The van der Waals surface area contributed by atoms with Crippen LogP contribution in [-0.2, 0) is 19.5 Å². The van der Waals surface area contributed by atoms with Crippen LogP contribution >= 0.6 is 0 Å². The maximum Gasteiger partial charge on any atom is 0.256 e. The zero-order valence-electron chi connectivity index (χ0n) is 29.6. The fourth-order valence-corrected chi connectivity index (χ4v) is 6.68. The third-order valence-corrected chi connectivity index (χ3v) is 9.60. The van der Waals surface area contributed by atoms with Crippen molar-refractivity contribution in [3.05, 3.63) is 18.2 Å². The molecule has 0 aliphatic carbocycles. The number of hydrogen-bond acceptors (Lipinski definition) is 0. The molecule has 0 aromatic carbocycles. The summed E-state index contributed by atoms with van der Waals surface area (Å²) in [5.74, 6) is 1.62. The molecule has 0 saturated heterocycles. The smallest absolute Gasteiger partial charge is 0.234 e. The molecule has 1 heterocycles. The fraction of sp³-hybridized carbons (Fsp3) is 0.925. The summed E-state index contributed by atoms with van der Waals surface area (Å²) in [6.45, 7) is 9.40. The van der Waals surface area contributed by atoms with Gasteiger partial charge in [0.15, 0.2) is 0 Å². The van der Waals surface area contributed by atoms with Gasteiger partial charge in [-0.2, -0.15) is 0 Å². The molecule has 248 valence electrons. The molecule has 1 rings (SSSR count). The van der Waals surface area contributed by atoms with Crippen LogP contribution in [0.5, 0.6) is 0 Å². The molecule has 0 saturated carbocycles. The summed E-state index contributed by atoms with van der Waals surface area (Å²) in [7, 11) is 0. The Morgan fingerprint density at radius 3 is 1.14 bits per heavy atom. The van der Waals surface area contributed by atoms with E-state index in [0.717, 1.165) is 0 Å². The molecule has 0 aliphatic rings. The van der Waals surface area contributed by atoms with E-state index in [0.29, 0.717) is 0 Å². The average molecular weight is 588 g/mol. The molecule has 2 nitrogen and oxygen atoms in total. The Morgan fingerprint density at radius 1 is 0.405 bits per heavy atom. The quantitative estimate of drug-likeness (QED) is 0.0560. The minimum atomic E-state index is 1.23. The van der Waals surface area contributed by atoms with Gasteiger partial charge in [-0.15, -0.1) is 0 Å². The van der Waals surface area contributed by atoms with Crippen molar-refractivity contribution in [3.63, 3.8) is 0 Å². The van der Waals surface area contributed by atoms with Crippen molar-refractivity contribution in [3.8, 4) is 0 Å². The molecule has 1 aromatic rings. The molecule has 0 spiro atoms. The second-order valence-electron chi connectivity index (χ2n) is 13.8. The number of aromatic nitrogens is 2. The Morgan fingerprint density at radius 2 is 0.738 bits per heavy atom. The SMILES string of the molecule is CCCCCCCCCCCCCCCc1n(CCCCCCCCCCCCCCC)cc[n+]1CCCCCCC. The van der Waals surface area contributed by atoms with Gasteiger partial charge in [0, 0.05) is 6.42 Å². The topological polar surface area (TPSA) is 8.81 Å². The molecular formula is C40H79N2+. The molecule has 1 aromatic heterocycles. The van der Waals surface area contributed by atoms with Crippen molar-refractivity contribution in [2.45, 2.75) is 239 Å². The van der Waals surface area contributed by atoms with Gasteiger partial charge in [0.2, 0.25) is 0 Å². The summed E-state index contributed by atoms with van der Waals surface area (Å²) in [5, 5.41) is 0. The Labute approximate surface area is 266 Å². The lowest BCUT2D eigenvalue weighted by Gasteiger charge is -2.07. The Kier molecular flexibility index (Phi) is 29.5. The summed E-state index contributed by atoms with van der Waals surface area (Å²) >= 11 is 0. The highest BCUT2D eigenvalue weighted by Crippen LogP contribution is 2.15. The highest BCUT2D eigenvalue weighted by molar-refractivity contribution is 4.84. The van der Waals surface area contributed by atoms with E-state index in [1.54, 1.807) is 5.82 Å². The molecule has 0 atom stereocenters. The van der Waals surface area contributed by atoms with E-state index in [4.69, 9.17) is 0 Å². The van der Waals surface area contributed by atoms with Gasteiger partial charge >= 0.3 is 0 Å². The average Bonchev–Trinajstić information content (AvgIpc) is 3.38. The molecule has 0 N–H and O–H groups in total. The third kappa shape index (κ3) is 23.6. The van der Waals surface area contributed by atoms with Crippen LogP contribution in [0.1, 0.15) is 226 Å². The van der Waals surface area contributed by atoms with E-state index in [2.05, 4.69) is 42.3 Å². The van der Waals surface area contributed by atoms with Crippen molar-refractivity contribution in [1.29, 1.82) is 0 Å². The van der Waals surface area contributed by atoms with E-state index < -0.39 is 0 Å². The number of unbranched alkanes of at least 4 members (excludes halogenated alkanes) is 28. The maximum atomic E-state index is 2.63. The van der Waals surface area contributed by atoms with E-state index in [-0.39, 0.29) is 0 Å².